The lowest BCUT2D eigenvalue weighted by Gasteiger charge is -2.24. The minimum absolute atomic E-state index is 0.0312. The fourth-order valence-electron chi connectivity index (χ4n) is 2.54. The van der Waals surface area contributed by atoms with Crippen molar-refractivity contribution in [3.63, 3.8) is 0 Å². The first kappa shape index (κ1) is 14.0. The second-order valence-electron chi connectivity index (χ2n) is 4.87. The monoisotopic (exact) mass is 335 g/mol. The lowest BCUT2D eigenvalue weighted by atomic mass is 10.1. The maximum absolute atomic E-state index is 12.7. The van der Waals surface area contributed by atoms with E-state index in [0.717, 1.165) is 6.42 Å². The van der Waals surface area contributed by atoms with Crippen molar-refractivity contribution in [3.8, 4) is 0 Å². The third-order valence-corrected chi connectivity index (χ3v) is 6.47. The Bertz CT molecular complexity index is 521. The highest BCUT2D eigenvalue weighted by Crippen LogP contribution is 2.32. The molecule has 1 aromatic rings. The number of hydrogen-bond acceptors (Lipinski definition) is 3. The number of H-pyrrole nitrogens is 1. The van der Waals surface area contributed by atoms with Gasteiger partial charge in [-0.05, 0) is 26.2 Å². The van der Waals surface area contributed by atoms with Gasteiger partial charge in [-0.15, -0.1) is 0 Å². The maximum Gasteiger partial charge on any atom is 0.247 e. The number of nitrogens with one attached hydrogen (secondary N) is 1. The number of aryl methyl sites for hydroxylation is 2. The molecule has 0 aliphatic carbocycles. The van der Waals surface area contributed by atoms with Crippen LogP contribution in [0, 0.1) is 19.8 Å². The Morgan fingerprint density at radius 1 is 1.50 bits per heavy atom. The number of sulfonamides is 1. The van der Waals surface area contributed by atoms with E-state index in [1.807, 2.05) is 0 Å². The number of rotatable bonds is 3. The summed E-state index contributed by atoms with van der Waals surface area (Å²) in [5.41, 5.74) is 1.15. The molecule has 0 spiro atoms. The molecule has 0 bridgehead atoms. The van der Waals surface area contributed by atoms with E-state index in [4.69, 9.17) is 0 Å². The molecule has 2 unspecified atom stereocenters. The fourth-order valence-corrected chi connectivity index (χ4v) is 5.79. The van der Waals surface area contributed by atoms with Gasteiger partial charge >= 0.3 is 0 Å². The van der Waals surface area contributed by atoms with Crippen molar-refractivity contribution in [1.82, 2.24) is 14.5 Å². The Morgan fingerprint density at radius 3 is 2.67 bits per heavy atom. The standard InChI is InChI=1S/C11H18BrN3O2S/c1-7-4-5-15(10(7)6-12)18(16,17)11-8(2)13-14-9(11)3/h7,10H,4-6H2,1-3H3,(H,13,14). The average molecular weight is 336 g/mol. The van der Waals surface area contributed by atoms with E-state index in [2.05, 4.69) is 33.1 Å². The summed E-state index contributed by atoms with van der Waals surface area (Å²) in [5, 5.41) is 7.39. The SMILES string of the molecule is Cc1n[nH]c(C)c1S(=O)(=O)N1CCC(C)C1CBr. The predicted octanol–water partition coefficient (Wildman–Crippen LogP) is 1.82. The molecule has 1 aromatic heterocycles. The highest BCUT2D eigenvalue weighted by atomic mass is 79.9. The first-order chi connectivity index (χ1) is 8.39. The molecule has 0 radical (unpaired) electrons. The number of alkyl halides is 1. The van der Waals surface area contributed by atoms with Gasteiger partial charge in [0.2, 0.25) is 10.0 Å². The van der Waals surface area contributed by atoms with Crippen molar-refractivity contribution in [2.24, 2.45) is 5.92 Å². The lowest BCUT2D eigenvalue weighted by Crippen LogP contribution is -2.38. The topological polar surface area (TPSA) is 66.1 Å². The predicted molar refractivity (Wildman–Crippen MR) is 73.3 cm³/mol. The van der Waals surface area contributed by atoms with Gasteiger partial charge < -0.3 is 0 Å². The van der Waals surface area contributed by atoms with Crippen LogP contribution in [0.2, 0.25) is 0 Å². The van der Waals surface area contributed by atoms with Gasteiger partial charge in [0.05, 0.1) is 11.4 Å². The molecule has 1 fully saturated rings. The van der Waals surface area contributed by atoms with Crippen molar-refractivity contribution in [1.29, 1.82) is 0 Å². The van der Waals surface area contributed by atoms with Crippen LogP contribution < -0.4 is 0 Å². The molecule has 2 rings (SSSR count). The first-order valence-electron chi connectivity index (χ1n) is 5.99. The molecule has 18 heavy (non-hydrogen) atoms. The van der Waals surface area contributed by atoms with Crippen LogP contribution in [0.25, 0.3) is 0 Å². The number of nitrogens with zero attached hydrogens (tertiary/aromatic N) is 2. The maximum atomic E-state index is 12.7. The highest BCUT2D eigenvalue weighted by Gasteiger charge is 2.40. The van der Waals surface area contributed by atoms with Crippen LogP contribution in [0.15, 0.2) is 4.90 Å². The molecular formula is C11H18BrN3O2S. The molecule has 0 aromatic carbocycles. The van der Waals surface area contributed by atoms with Crippen molar-refractivity contribution in [2.75, 3.05) is 11.9 Å². The van der Waals surface area contributed by atoms with Gasteiger partial charge in [-0.2, -0.15) is 9.40 Å². The Balaban J connectivity index is 2.44. The molecule has 0 saturated carbocycles. The molecular weight excluding hydrogens is 318 g/mol. The molecule has 1 N–H and O–H groups in total. The molecule has 2 atom stereocenters. The molecule has 2 heterocycles. The molecule has 1 saturated heterocycles. The van der Waals surface area contributed by atoms with Crippen molar-refractivity contribution >= 4 is 26.0 Å². The van der Waals surface area contributed by atoms with Gasteiger partial charge in [0.15, 0.2) is 0 Å². The summed E-state index contributed by atoms with van der Waals surface area (Å²) in [4.78, 5) is 0.336. The summed E-state index contributed by atoms with van der Waals surface area (Å²) in [6.45, 7) is 6.15. The Labute approximate surface area is 116 Å². The quantitative estimate of drug-likeness (QED) is 0.857. The summed E-state index contributed by atoms with van der Waals surface area (Å²) in [6, 6.07) is 0.0312. The normalized spacial score (nSPS) is 25.8. The molecule has 0 amide bonds. The van der Waals surface area contributed by atoms with Crippen LogP contribution >= 0.6 is 15.9 Å². The molecule has 102 valence electrons. The smallest absolute Gasteiger partial charge is 0.247 e. The largest absolute Gasteiger partial charge is 0.281 e. The van der Waals surface area contributed by atoms with E-state index < -0.39 is 10.0 Å². The van der Waals surface area contributed by atoms with E-state index in [9.17, 15) is 8.42 Å². The van der Waals surface area contributed by atoms with Crippen LogP contribution in [0.1, 0.15) is 24.7 Å². The van der Waals surface area contributed by atoms with Crippen LogP contribution in [0.5, 0.6) is 0 Å². The van der Waals surface area contributed by atoms with Crippen molar-refractivity contribution in [3.05, 3.63) is 11.4 Å². The van der Waals surface area contributed by atoms with E-state index in [-0.39, 0.29) is 6.04 Å². The second-order valence-corrected chi connectivity index (χ2v) is 7.34. The highest BCUT2D eigenvalue weighted by molar-refractivity contribution is 9.09. The Kier molecular flexibility index (Phi) is 3.85. The average Bonchev–Trinajstić information content (AvgIpc) is 2.82. The molecule has 5 nitrogen and oxygen atoms in total. The minimum atomic E-state index is -3.44. The van der Waals surface area contributed by atoms with Crippen LogP contribution in [0.3, 0.4) is 0 Å². The van der Waals surface area contributed by atoms with Gasteiger partial charge in [0.25, 0.3) is 0 Å². The van der Waals surface area contributed by atoms with Crippen LogP contribution in [-0.4, -0.2) is 40.8 Å². The van der Waals surface area contributed by atoms with E-state index in [0.29, 0.717) is 34.1 Å². The Hall–Kier alpha value is -0.400. The van der Waals surface area contributed by atoms with Gasteiger partial charge in [0.1, 0.15) is 4.90 Å². The second kappa shape index (κ2) is 4.94. The van der Waals surface area contributed by atoms with E-state index in [1.54, 1.807) is 18.2 Å². The van der Waals surface area contributed by atoms with Crippen molar-refractivity contribution in [2.45, 2.75) is 38.1 Å². The summed E-state index contributed by atoms with van der Waals surface area (Å²) >= 11 is 3.42. The summed E-state index contributed by atoms with van der Waals surface area (Å²) in [7, 11) is -3.44. The minimum Gasteiger partial charge on any atom is -0.281 e. The lowest BCUT2D eigenvalue weighted by molar-refractivity contribution is 0.378. The molecule has 1 aliphatic rings. The zero-order valence-electron chi connectivity index (χ0n) is 10.8. The Morgan fingerprint density at radius 2 is 2.17 bits per heavy atom. The number of halogens is 1. The number of hydrogen-bond donors (Lipinski definition) is 1. The number of aromatic amines is 1. The zero-order chi connectivity index (χ0) is 13.5. The summed E-state index contributed by atoms with van der Waals surface area (Å²) in [6.07, 6.45) is 0.908. The van der Waals surface area contributed by atoms with Gasteiger partial charge in [0, 0.05) is 17.9 Å². The molecule has 1 aliphatic heterocycles. The zero-order valence-corrected chi connectivity index (χ0v) is 13.2. The van der Waals surface area contributed by atoms with Crippen LogP contribution in [0.4, 0.5) is 0 Å². The summed E-state index contributed by atoms with van der Waals surface area (Å²) < 4.78 is 27.0. The summed E-state index contributed by atoms with van der Waals surface area (Å²) in [5.74, 6) is 0.381. The van der Waals surface area contributed by atoms with E-state index in [1.165, 1.54) is 0 Å². The van der Waals surface area contributed by atoms with Gasteiger partial charge in [-0.3, -0.25) is 5.10 Å². The third-order valence-electron chi connectivity index (χ3n) is 3.62. The first-order valence-corrected chi connectivity index (χ1v) is 8.55. The van der Waals surface area contributed by atoms with Gasteiger partial charge in [-0.1, -0.05) is 22.9 Å². The number of aromatic nitrogens is 2. The third kappa shape index (κ3) is 2.12. The molecule has 7 heteroatoms. The van der Waals surface area contributed by atoms with Gasteiger partial charge in [-0.25, -0.2) is 8.42 Å². The van der Waals surface area contributed by atoms with E-state index >= 15 is 0 Å². The van der Waals surface area contributed by atoms with Crippen molar-refractivity contribution < 1.29 is 8.42 Å². The fraction of sp³-hybridized carbons (Fsp3) is 0.727. The van der Waals surface area contributed by atoms with Crippen LogP contribution in [-0.2, 0) is 10.0 Å².